The molecule has 0 spiro atoms. The third-order valence-electron chi connectivity index (χ3n) is 2.31. The Kier molecular flexibility index (Phi) is 4.87. The molecule has 0 fully saturated rings. The SMILES string of the molecule is COc1cccc(C(=O)NC(CC(=O)O)C(=O)O)c1. The first kappa shape index (κ1) is 14.5. The molecular formula is C12H13NO6. The van der Waals surface area contributed by atoms with Gasteiger partial charge in [-0.25, -0.2) is 4.79 Å². The summed E-state index contributed by atoms with van der Waals surface area (Å²) in [6, 6.07) is 4.62. The molecule has 19 heavy (non-hydrogen) atoms. The highest BCUT2D eigenvalue weighted by atomic mass is 16.5. The second kappa shape index (κ2) is 6.39. The molecule has 0 saturated heterocycles. The van der Waals surface area contributed by atoms with E-state index in [1.807, 2.05) is 0 Å². The Morgan fingerprint density at radius 3 is 2.53 bits per heavy atom. The van der Waals surface area contributed by atoms with Crippen molar-refractivity contribution in [1.82, 2.24) is 5.32 Å². The molecule has 102 valence electrons. The number of hydrogen-bond donors (Lipinski definition) is 3. The maximum absolute atomic E-state index is 11.8. The van der Waals surface area contributed by atoms with Crippen molar-refractivity contribution in [3.63, 3.8) is 0 Å². The average Bonchev–Trinajstić information content (AvgIpc) is 2.37. The fraction of sp³-hybridized carbons (Fsp3) is 0.250. The number of nitrogens with one attached hydrogen (secondary N) is 1. The van der Waals surface area contributed by atoms with Crippen molar-refractivity contribution in [3.05, 3.63) is 29.8 Å². The first-order valence-corrected chi connectivity index (χ1v) is 5.33. The van der Waals surface area contributed by atoms with Gasteiger partial charge in [0.2, 0.25) is 0 Å². The van der Waals surface area contributed by atoms with Crippen LogP contribution in [0, 0.1) is 0 Å². The smallest absolute Gasteiger partial charge is 0.326 e. The molecule has 1 atom stereocenters. The number of carbonyl (C=O) groups is 3. The van der Waals surface area contributed by atoms with Crippen LogP contribution < -0.4 is 10.1 Å². The van der Waals surface area contributed by atoms with Crippen molar-refractivity contribution in [3.8, 4) is 5.75 Å². The molecule has 0 aliphatic heterocycles. The minimum absolute atomic E-state index is 0.191. The summed E-state index contributed by atoms with van der Waals surface area (Å²) < 4.78 is 4.93. The Balaban J connectivity index is 2.81. The molecular weight excluding hydrogens is 254 g/mol. The van der Waals surface area contributed by atoms with Gasteiger partial charge in [-0.05, 0) is 18.2 Å². The molecule has 0 aliphatic carbocycles. The van der Waals surface area contributed by atoms with Gasteiger partial charge in [-0.1, -0.05) is 6.07 Å². The molecule has 0 radical (unpaired) electrons. The summed E-state index contributed by atoms with van der Waals surface area (Å²) in [5.41, 5.74) is 0.191. The highest BCUT2D eigenvalue weighted by molar-refractivity contribution is 5.97. The zero-order valence-corrected chi connectivity index (χ0v) is 10.1. The quantitative estimate of drug-likeness (QED) is 0.685. The molecule has 0 aliphatic rings. The Bertz CT molecular complexity index is 499. The highest BCUT2D eigenvalue weighted by Gasteiger charge is 2.23. The van der Waals surface area contributed by atoms with Gasteiger partial charge < -0.3 is 20.3 Å². The van der Waals surface area contributed by atoms with Crippen LogP contribution in [0.25, 0.3) is 0 Å². The van der Waals surface area contributed by atoms with E-state index in [1.165, 1.54) is 19.2 Å². The maximum atomic E-state index is 11.8. The lowest BCUT2D eigenvalue weighted by molar-refractivity contribution is -0.145. The molecule has 0 aromatic heterocycles. The number of rotatable bonds is 6. The van der Waals surface area contributed by atoms with Crippen LogP contribution in [-0.4, -0.2) is 41.2 Å². The second-order valence-electron chi connectivity index (χ2n) is 3.69. The van der Waals surface area contributed by atoms with E-state index in [0.29, 0.717) is 5.75 Å². The molecule has 1 rings (SSSR count). The van der Waals surface area contributed by atoms with Crippen LogP contribution in [0.2, 0.25) is 0 Å². The summed E-state index contributed by atoms with van der Waals surface area (Å²) >= 11 is 0. The van der Waals surface area contributed by atoms with Gasteiger partial charge in [0.05, 0.1) is 13.5 Å². The maximum Gasteiger partial charge on any atom is 0.326 e. The van der Waals surface area contributed by atoms with Gasteiger partial charge >= 0.3 is 11.9 Å². The average molecular weight is 267 g/mol. The van der Waals surface area contributed by atoms with Gasteiger partial charge in [-0.15, -0.1) is 0 Å². The summed E-state index contributed by atoms with van der Waals surface area (Å²) in [5, 5.41) is 19.5. The number of amides is 1. The van der Waals surface area contributed by atoms with Crippen molar-refractivity contribution in [1.29, 1.82) is 0 Å². The summed E-state index contributed by atoms with van der Waals surface area (Å²) in [5.74, 6) is -2.94. The van der Waals surface area contributed by atoms with Crippen molar-refractivity contribution >= 4 is 17.8 Å². The van der Waals surface area contributed by atoms with E-state index in [-0.39, 0.29) is 5.56 Å². The number of ether oxygens (including phenoxy) is 1. The van der Waals surface area contributed by atoms with E-state index in [1.54, 1.807) is 12.1 Å². The van der Waals surface area contributed by atoms with Crippen LogP contribution in [0.4, 0.5) is 0 Å². The predicted octanol–water partition coefficient (Wildman–Crippen LogP) is 0.353. The standard InChI is InChI=1S/C12H13NO6/c1-19-8-4-2-3-7(5-8)11(16)13-9(12(17)18)6-10(14)15/h2-5,9H,6H2,1H3,(H,13,16)(H,14,15)(H,17,18). The number of hydrogen-bond acceptors (Lipinski definition) is 4. The molecule has 0 heterocycles. The molecule has 7 heteroatoms. The first-order chi connectivity index (χ1) is 8.93. The van der Waals surface area contributed by atoms with E-state index >= 15 is 0 Å². The van der Waals surface area contributed by atoms with Crippen LogP contribution >= 0.6 is 0 Å². The number of carbonyl (C=O) groups excluding carboxylic acids is 1. The number of carboxylic acid groups (broad SMARTS) is 2. The summed E-state index contributed by atoms with van der Waals surface area (Å²) in [4.78, 5) is 33.1. The van der Waals surface area contributed by atoms with Gasteiger partial charge in [0.15, 0.2) is 0 Å². The number of benzene rings is 1. The fourth-order valence-electron chi connectivity index (χ4n) is 1.38. The van der Waals surface area contributed by atoms with Gasteiger partial charge in [0.1, 0.15) is 11.8 Å². The summed E-state index contributed by atoms with van der Waals surface area (Å²) in [7, 11) is 1.43. The molecule has 1 unspecified atom stereocenters. The number of carboxylic acids is 2. The van der Waals surface area contributed by atoms with Crippen LogP contribution in [0.1, 0.15) is 16.8 Å². The molecule has 1 amide bonds. The van der Waals surface area contributed by atoms with Crippen molar-refractivity contribution in [2.45, 2.75) is 12.5 Å². The van der Waals surface area contributed by atoms with Gasteiger partial charge in [0.25, 0.3) is 5.91 Å². The van der Waals surface area contributed by atoms with Crippen LogP contribution in [0.15, 0.2) is 24.3 Å². The lowest BCUT2D eigenvalue weighted by Crippen LogP contribution is -2.42. The zero-order valence-electron chi connectivity index (χ0n) is 10.1. The lowest BCUT2D eigenvalue weighted by atomic mass is 10.1. The van der Waals surface area contributed by atoms with E-state index in [9.17, 15) is 14.4 Å². The van der Waals surface area contributed by atoms with Crippen LogP contribution in [0.3, 0.4) is 0 Å². The Hall–Kier alpha value is -2.57. The monoisotopic (exact) mass is 267 g/mol. The third kappa shape index (κ3) is 4.30. The first-order valence-electron chi connectivity index (χ1n) is 5.33. The van der Waals surface area contributed by atoms with Crippen LogP contribution in [0.5, 0.6) is 5.75 Å². The van der Waals surface area contributed by atoms with E-state index in [0.717, 1.165) is 0 Å². The molecule has 1 aromatic carbocycles. The second-order valence-corrected chi connectivity index (χ2v) is 3.69. The summed E-state index contributed by atoms with van der Waals surface area (Å²) in [6.45, 7) is 0. The molecule has 0 bridgehead atoms. The fourth-order valence-corrected chi connectivity index (χ4v) is 1.38. The minimum Gasteiger partial charge on any atom is -0.497 e. The van der Waals surface area contributed by atoms with Gasteiger partial charge in [0, 0.05) is 5.56 Å². The lowest BCUT2D eigenvalue weighted by Gasteiger charge is -2.12. The normalized spacial score (nSPS) is 11.4. The Labute approximate surface area is 108 Å². The van der Waals surface area contributed by atoms with Gasteiger partial charge in [-0.3, -0.25) is 9.59 Å². The Morgan fingerprint density at radius 2 is 2.00 bits per heavy atom. The topological polar surface area (TPSA) is 113 Å². The minimum atomic E-state index is -1.48. The largest absolute Gasteiger partial charge is 0.497 e. The van der Waals surface area contributed by atoms with Crippen molar-refractivity contribution in [2.75, 3.05) is 7.11 Å². The van der Waals surface area contributed by atoms with E-state index in [2.05, 4.69) is 5.32 Å². The van der Waals surface area contributed by atoms with Crippen LogP contribution in [-0.2, 0) is 9.59 Å². The number of aliphatic carboxylic acids is 2. The van der Waals surface area contributed by atoms with Crippen molar-refractivity contribution < 1.29 is 29.3 Å². The number of methoxy groups -OCH3 is 1. The Morgan fingerprint density at radius 1 is 1.32 bits per heavy atom. The third-order valence-corrected chi connectivity index (χ3v) is 2.31. The molecule has 0 saturated carbocycles. The van der Waals surface area contributed by atoms with E-state index < -0.39 is 30.3 Å². The zero-order chi connectivity index (χ0) is 14.4. The highest BCUT2D eigenvalue weighted by Crippen LogP contribution is 2.12. The molecule has 3 N–H and O–H groups in total. The predicted molar refractivity (Wildman–Crippen MR) is 64.1 cm³/mol. The molecule has 7 nitrogen and oxygen atoms in total. The summed E-state index contributed by atoms with van der Waals surface area (Å²) in [6.07, 6.45) is -0.689. The van der Waals surface area contributed by atoms with Crippen molar-refractivity contribution in [2.24, 2.45) is 0 Å². The van der Waals surface area contributed by atoms with Gasteiger partial charge in [-0.2, -0.15) is 0 Å². The van der Waals surface area contributed by atoms with E-state index in [4.69, 9.17) is 14.9 Å². The molecule has 1 aromatic rings.